The number of nitrogens with zero attached hydrogens (tertiary/aromatic N) is 2. The monoisotopic (exact) mass is 614 g/mol. The molecule has 2 aliphatic rings. The van der Waals surface area contributed by atoms with E-state index >= 15 is 0 Å². The molecule has 0 fully saturated rings. The molecular formula is C46H34N2. The summed E-state index contributed by atoms with van der Waals surface area (Å²) in [6, 6.07) is 44.3. The molecule has 0 saturated carbocycles. The van der Waals surface area contributed by atoms with Crippen LogP contribution >= 0.6 is 0 Å². The molecule has 0 amide bonds. The van der Waals surface area contributed by atoms with Crippen LogP contribution in [0, 0.1) is 0 Å². The number of aromatic nitrogens is 2. The first kappa shape index (κ1) is 28.4. The summed E-state index contributed by atoms with van der Waals surface area (Å²) in [5, 5.41) is 7.78. The Labute approximate surface area is 281 Å². The highest BCUT2D eigenvalue weighted by atomic mass is 14.9. The van der Waals surface area contributed by atoms with E-state index in [9.17, 15) is 0 Å². The normalized spacial score (nSPS) is 15.8. The zero-order chi connectivity index (χ0) is 31.9. The number of fused-ring (bicyclic) bond motifs is 6. The van der Waals surface area contributed by atoms with Crippen molar-refractivity contribution in [2.75, 3.05) is 0 Å². The molecular weight excluding hydrogens is 581 g/mol. The van der Waals surface area contributed by atoms with Gasteiger partial charge >= 0.3 is 0 Å². The molecule has 9 rings (SSSR count). The maximum atomic E-state index is 5.20. The van der Waals surface area contributed by atoms with Crippen molar-refractivity contribution in [2.45, 2.75) is 25.2 Å². The van der Waals surface area contributed by atoms with Crippen LogP contribution in [-0.2, 0) is 0 Å². The third kappa shape index (κ3) is 5.07. The molecule has 2 nitrogen and oxygen atoms in total. The maximum absolute atomic E-state index is 5.20. The van der Waals surface area contributed by atoms with Gasteiger partial charge in [-0.15, -0.1) is 0 Å². The molecule has 1 atom stereocenters. The van der Waals surface area contributed by atoms with Crippen molar-refractivity contribution < 1.29 is 0 Å². The van der Waals surface area contributed by atoms with E-state index in [0.29, 0.717) is 0 Å². The standard InChI is InChI=1S/C46H34N2/c1-3-13-33(14-4-1)44-30-45(48-46(47-44)34-15-5-2-6-16-34)42-22-12-7-17-36(42)32-25-23-31(24-26-32)35-27-28-41-39-20-9-8-18-37(39)38-19-10-11-21-40(38)43(41)29-35/h2-3,5-15,17-30,34H,1,4,16H2. The fourth-order valence-corrected chi connectivity index (χ4v) is 7.38. The Morgan fingerprint density at radius 2 is 1.10 bits per heavy atom. The van der Waals surface area contributed by atoms with Gasteiger partial charge in [0.15, 0.2) is 0 Å². The Morgan fingerprint density at radius 1 is 0.479 bits per heavy atom. The van der Waals surface area contributed by atoms with E-state index in [1.807, 2.05) is 0 Å². The van der Waals surface area contributed by atoms with Crippen molar-refractivity contribution in [2.24, 2.45) is 0 Å². The zero-order valence-electron chi connectivity index (χ0n) is 26.7. The highest BCUT2D eigenvalue weighted by Gasteiger charge is 2.18. The molecule has 0 saturated heterocycles. The van der Waals surface area contributed by atoms with Gasteiger partial charge in [0, 0.05) is 11.5 Å². The van der Waals surface area contributed by atoms with Gasteiger partial charge in [0.1, 0.15) is 5.82 Å². The summed E-state index contributed by atoms with van der Waals surface area (Å²) in [7, 11) is 0. The lowest BCUT2D eigenvalue weighted by molar-refractivity contribution is 0.770. The van der Waals surface area contributed by atoms with E-state index in [4.69, 9.17) is 9.97 Å². The average molecular weight is 615 g/mol. The van der Waals surface area contributed by atoms with Crippen molar-refractivity contribution in [3.63, 3.8) is 0 Å². The van der Waals surface area contributed by atoms with Gasteiger partial charge in [-0.25, -0.2) is 9.97 Å². The number of hydrogen-bond donors (Lipinski definition) is 0. The molecule has 2 heteroatoms. The molecule has 228 valence electrons. The third-order valence-electron chi connectivity index (χ3n) is 9.82. The topological polar surface area (TPSA) is 25.8 Å². The fraction of sp³-hybridized carbons (Fsp3) is 0.0870. The maximum Gasteiger partial charge on any atom is 0.136 e. The second-order valence-electron chi connectivity index (χ2n) is 12.8. The molecule has 0 aliphatic heterocycles. The lowest BCUT2D eigenvalue weighted by atomic mass is 9.91. The van der Waals surface area contributed by atoms with E-state index in [0.717, 1.165) is 42.0 Å². The van der Waals surface area contributed by atoms with Crippen molar-refractivity contribution in [3.8, 4) is 33.5 Å². The summed E-state index contributed by atoms with van der Waals surface area (Å²) < 4.78 is 0. The van der Waals surface area contributed by atoms with Crippen LogP contribution in [0.1, 0.15) is 36.7 Å². The fourth-order valence-electron chi connectivity index (χ4n) is 7.38. The second kappa shape index (κ2) is 12.1. The van der Waals surface area contributed by atoms with Crippen LogP contribution in [0.5, 0.6) is 0 Å². The smallest absolute Gasteiger partial charge is 0.136 e. The van der Waals surface area contributed by atoms with Crippen LogP contribution in [-0.4, -0.2) is 9.97 Å². The second-order valence-corrected chi connectivity index (χ2v) is 12.8. The number of allylic oxidation sites excluding steroid dienone is 8. The Hall–Kier alpha value is -5.86. The summed E-state index contributed by atoms with van der Waals surface area (Å²) in [6.45, 7) is 0. The molecule has 0 radical (unpaired) electrons. The van der Waals surface area contributed by atoms with Gasteiger partial charge in [0.2, 0.25) is 0 Å². The Balaban J connectivity index is 1.12. The molecule has 1 aromatic heterocycles. The summed E-state index contributed by atoms with van der Waals surface area (Å²) in [4.78, 5) is 10.3. The number of rotatable bonds is 5. The molecule has 48 heavy (non-hydrogen) atoms. The first-order chi connectivity index (χ1) is 23.8. The summed E-state index contributed by atoms with van der Waals surface area (Å²) in [6.07, 6.45) is 18.4. The van der Waals surface area contributed by atoms with Crippen LogP contribution in [0.2, 0.25) is 0 Å². The molecule has 7 aromatic rings. The largest absolute Gasteiger partial charge is 0.232 e. The van der Waals surface area contributed by atoms with Gasteiger partial charge in [0.05, 0.1) is 11.4 Å². The summed E-state index contributed by atoms with van der Waals surface area (Å²) in [5.41, 5.74) is 9.02. The lowest BCUT2D eigenvalue weighted by Gasteiger charge is -2.17. The minimum atomic E-state index is 0.172. The number of hydrogen-bond acceptors (Lipinski definition) is 2. The van der Waals surface area contributed by atoms with E-state index in [1.165, 1.54) is 60.1 Å². The van der Waals surface area contributed by atoms with E-state index in [1.54, 1.807) is 0 Å². The van der Waals surface area contributed by atoms with Crippen LogP contribution < -0.4 is 0 Å². The summed E-state index contributed by atoms with van der Waals surface area (Å²) >= 11 is 0. The van der Waals surface area contributed by atoms with Gasteiger partial charge < -0.3 is 0 Å². The van der Waals surface area contributed by atoms with Gasteiger partial charge in [-0.1, -0.05) is 152 Å². The lowest BCUT2D eigenvalue weighted by Crippen LogP contribution is -2.07. The van der Waals surface area contributed by atoms with Crippen LogP contribution in [0.15, 0.2) is 164 Å². The molecule has 0 spiro atoms. The van der Waals surface area contributed by atoms with Crippen LogP contribution in [0.4, 0.5) is 0 Å². The van der Waals surface area contributed by atoms with E-state index < -0.39 is 0 Å². The average Bonchev–Trinajstić information content (AvgIpc) is 3.18. The quantitative estimate of drug-likeness (QED) is 0.180. The van der Waals surface area contributed by atoms with Crippen molar-refractivity contribution in [3.05, 3.63) is 175 Å². The van der Waals surface area contributed by atoms with Gasteiger partial charge in [-0.05, 0) is 91.5 Å². The highest BCUT2D eigenvalue weighted by Crippen LogP contribution is 2.39. The van der Waals surface area contributed by atoms with Crippen LogP contribution in [0.3, 0.4) is 0 Å². The molecule has 6 aromatic carbocycles. The molecule has 0 N–H and O–H groups in total. The zero-order valence-corrected chi connectivity index (χ0v) is 26.7. The Morgan fingerprint density at radius 3 is 1.79 bits per heavy atom. The SMILES string of the molecule is C1=CCC(c2nc(C3=CCCC=C3)cc(-c3ccccc3-c3ccc(-c4ccc5c6ccccc6c6ccccc6c5c4)cc3)n2)C=C1. The van der Waals surface area contributed by atoms with Crippen molar-refractivity contribution >= 4 is 37.9 Å². The Bertz CT molecular complexity index is 2440. The van der Waals surface area contributed by atoms with Crippen molar-refractivity contribution in [1.82, 2.24) is 9.97 Å². The predicted octanol–water partition coefficient (Wildman–Crippen LogP) is 12.3. The molecule has 0 bridgehead atoms. The van der Waals surface area contributed by atoms with E-state index in [-0.39, 0.29) is 5.92 Å². The molecule has 2 aliphatic carbocycles. The first-order valence-corrected chi connectivity index (χ1v) is 16.9. The minimum Gasteiger partial charge on any atom is -0.232 e. The highest BCUT2D eigenvalue weighted by molar-refractivity contribution is 6.25. The molecule has 1 heterocycles. The van der Waals surface area contributed by atoms with Gasteiger partial charge in [0.25, 0.3) is 0 Å². The minimum absolute atomic E-state index is 0.172. The van der Waals surface area contributed by atoms with Gasteiger partial charge in [-0.2, -0.15) is 0 Å². The summed E-state index contributed by atoms with van der Waals surface area (Å²) in [5.74, 6) is 1.05. The number of benzene rings is 6. The molecule has 1 unspecified atom stereocenters. The van der Waals surface area contributed by atoms with E-state index in [2.05, 4.69) is 164 Å². The van der Waals surface area contributed by atoms with Gasteiger partial charge in [-0.3, -0.25) is 0 Å². The van der Waals surface area contributed by atoms with Crippen LogP contribution in [0.25, 0.3) is 71.4 Å². The Kier molecular flexibility index (Phi) is 7.13. The third-order valence-corrected chi connectivity index (χ3v) is 9.82. The van der Waals surface area contributed by atoms with Crippen molar-refractivity contribution in [1.29, 1.82) is 0 Å². The first-order valence-electron chi connectivity index (χ1n) is 16.9. The predicted molar refractivity (Wildman–Crippen MR) is 203 cm³/mol.